The third-order valence-corrected chi connectivity index (χ3v) is 7.92. The molecule has 282 valence electrons. The van der Waals surface area contributed by atoms with E-state index in [2.05, 4.69) is 9.97 Å². The number of alkyl halides is 6. The summed E-state index contributed by atoms with van der Waals surface area (Å²) in [6.45, 7) is 2.87. The number of halogens is 7. The first kappa shape index (κ1) is 43.1. The maximum atomic E-state index is 15.1. The SMILES string of the molecule is COc1cc(CN(Cc2cc(C(F)(F)F)cc(C(F)(F)F)c2)c2ncc(OCCCC(=O)O)cn2)c(-c2cc(C(C)C)c(F)cc2OC)cc1OC.[H-].[Na+]. The number of carboxylic acid groups (broad SMARTS) is 1. The van der Waals surface area contributed by atoms with Gasteiger partial charge in [0.05, 0.1) is 51.5 Å². The Morgan fingerprint density at radius 1 is 0.811 bits per heavy atom. The van der Waals surface area contributed by atoms with Crippen LogP contribution in [0.4, 0.5) is 36.7 Å². The van der Waals surface area contributed by atoms with E-state index in [9.17, 15) is 31.1 Å². The number of aliphatic carboxylic acids is 1. The Hall–Kier alpha value is -4.28. The average molecular weight is 764 g/mol. The molecule has 0 fully saturated rings. The van der Waals surface area contributed by atoms with Gasteiger partial charge in [-0.25, -0.2) is 14.4 Å². The fourth-order valence-corrected chi connectivity index (χ4v) is 5.39. The fraction of sp³-hybridized carbons (Fsp3) is 0.361. The van der Waals surface area contributed by atoms with Gasteiger partial charge in [0.15, 0.2) is 17.2 Å². The third-order valence-electron chi connectivity index (χ3n) is 7.92. The number of anilines is 1. The second-order valence-electron chi connectivity index (χ2n) is 11.9. The van der Waals surface area contributed by atoms with E-state index in [-0.39, 0.29) is 103 Å². The van der Waals surface area contributed by atoms with Crippen LogP contribution >= 0.6 is 0 Å². The van der Waals surface area contributed by atoms with Gasteiger partial charge in [0.2, 0.25) is 5.95 Å². The largest absolute Gasteiger partial charge is 1.00 e. The first-order chi connectivity index (χ1) is 24.4. The first-order valence-electron chi connectivity index (χ1n) is 15.8. The standard InChI is InChI=1S/C36H36F7N3O6.Na.H/c1-20(2)26-13-28(30(49-3)15-29(26)37)27-14-32(51-5)31(50-4)11-22(27)19-46(34-44-16-25(17-45-34)52-8-6-7-33(47)48)18-21-9-23(35(38,39)40)12-24(10-21)36(41,42)43;;/h9-17,20H,6-8,18-19H2,1-5H3,(H,47,48);;/q;+1;-1. The molecule has 0 saturated heterocycles. The summed E-state index contributed by atoms with van der Waals surface area (Å²) in [5, 5.41) is 8.86. The Bertz CT molecular complexity index is 1850. The first-order valence-corrected chi connectivity index (χ1v) is 15.8. The predicted molar refractivity (Wildman–Crippen MR) is 177 cm³/mol. The van der Waals surface area contributed by atoms with E-state index < -0.39 is 41.8 Å². The number of nitrogens with zero attached hydrogens (tertiary/aromatic N) is 3. The van der Waals surface area contributed by atoms with Crippen LogP contribution in [-0.4, -0.2) is 49.0 Å². The Balaban J connectivity index is 0.00000504. The normalized spacial score (nSPS) is 11.6. The summed E-state index contributed by atoms with van der Waals surface area (Å²) >= 11 is 0. The third kappa shape index (κ3) is 11.1. The van der Waals surface area contributed by atoms with Gasteiger partial charge in [0, 0.05) is 31.1 Å². The van der Waals surface area contributed by atoms with E-state index in [1.54, 1.807) is 32.0 Å². The number of carboxylic acids is 1. The molecule has 0 radical (unpaired) electrons. The Morgan fingerprint density at radius 3 is 1.89 bits per heavy atom. The van der Waals surface area contributed by atoms with Crippen LogP contribution in [0.15, 0.2) is 54.9 Å². The summed E-state index contributed by atoms with van der Waals surface area (Å²) in [5.74, 6) is -1.04. The van der Waals surface area contributed by atoms with Crippen LogP contribution in [0.25, 0.3) is 11.1 Å². The average Bonchev–Trinajstić information content (AvgIpc) is 3.08. The second kappa shape index (κ2) is 18.2. The van der Waals surface area contributed by atoms with Crippen LogP contribution < -0.4 is 53.4 Å². The number of hydrogen-bond donors (Lipinski definition) is 1. The van der Waals surface area contributed by atoms with Crippen molar-refractivity contribution in [3.8, 4) is 34.1 Å². The number of aromatic nitrogens is 2. The smallest absolute Gasteiger partial charge is 1.00 e. The zero-order valence-corrected chi connectivity index (χ0v) is 31.8. The zero-order valence-electron chi connectivity index (χ0n) is 30.8. The van der Waals surface area contributed by atoms with Crippen molar-refractivity contribution in [3.05, 3.63) is 88.5 Å². The van der Waals surface area contributed by atoms with Gasteiger partial charge in [-0.15, -0.1) is 0 Å². The molecule has 9 nitrogen and oxygen atoms in total. The second-order valence-corrected chi connectivity index (χ2v) is 11.9. The number of carbonyl (C=O) groups is 1. The van der Waals surface area contributed by atoms with Gasteiger partial charge < -0.3 is 30.4 Å². The number of ether oxygens (including phenoxy) is 4. The van der Waals surface area contributed by atoms with Gasteiger partial charge in [0.1, 0.15) is 11.6 Å². The number of methoxy groups -OCH3 is 3. The molecule has 1 aromatic heterocycles. The molecule has 0 aliphatic heterocycles. The monoisotopic (exact) mass is 763 g/mol. The van der Waals surface area contributed by atoms with Crippen LogP contribution in [-0.2, 0) is 30.2 Å². The molecule has 1 heterocycles. The van der Waals surface area contributed by atoms with Crippen LogP contribution in [0.5, 0.6) is 23.0 Å². The molecule has 4 aromatic rings. The zero-order chi connectivity index (χ0) is 38.4. The van der Waals surface area contributed by atoms with E-state index in [1.807, 2.05) is 0 Å². The fourth-order valence-electron chi connectivity index (χ4n) is 5.39. The minimum absolute atomic E-state index is 0. The summed E-state index contributed by atoms with van der Waals surface area (Å²) < 4.78 is 120. The Morgan fingerprint density at radius 2 is 1.38 bits per heavy atom. The summed E-state index contributed by atoms with van der Waals surface area (Å²) in [7, 11) is 4.14. The number of benzene rings is 3. The molecule has 0 unspecified atom stereocenters. The van der Waals surface area contributed by atoms with Gasteiger partial charge in [0.25, 0.3) is 0 Å². The topological polar surface area (TPSA) is 103 Å². The van der Waals surface area contributed by atoms with Crippen molar-refractivity contribution in [2.45, 2.75) is 58.0 Å². The van der Waals surface area contributed by atoms with Crippen LogP contribution in [0.2, 0.25) is 0 Å². The minimum atomic E-state index is -5.08. The minimum Gasteiger partial charge on any atom is -1.00 e. The molecule has 53 heavy (non-hydrogen) atoms. The summed E-state index contributed by atoms with van der Waals surface area (Å²) in [4.78, 5) is 20.8. The Labute approximate surface area is 324 Å². The molecule has 0 bridgehead atoms. The molecule has 0 atom stereocenters. The molecule has 0 spiro atoms. The molecule has 0 saturated carbocycles. The van der Waals surface area contributed by atoms with Crippen molar-refractivity contribution in [2.24, 2.45) is 0 Å². The van der Waals surface area contributed by atoms with Gasteiger partial charge in [-0.2, -0.15) is 26.3 Å². The molecule has 0 amide bonds. The van der Waals surface area contributed by atoms with Crippen molar-refractivity contribution in [1.29, 1.82) is 0 Å². The summed E-state index contributed by atoms with van der Waals surface area (Å²) in [6.07, 6.45) is -7.63. The van der Waals surface area contributed by atoms with Crippen LogP contribution in [0.1, 0.15) is 61.9 Å². The number of rotatable bonds is 15. The van der Waals surface area contributed by atoms with E-state index in [1.165, 1.54) is 44.7 Å². The molecule has 0 aliphatic carbocycles. The van der Waals surface area contributed by atoms with Gasteiger partial charge in [-0.3, -0.25) is 4.79 Å². The summed E-state index contributed by atoms with van der Waals surface area (Å²) in [6, 6.07) is 7.29. The molecule has 3 aromatic carbocycles. The maximum Gasteiger partial charge on any atom is 1.00 e. The maximum absolute atomic E-state index is 15.1. The molecule has 17 heteroatoms. The van der Waals surface area contributed by atoms with Gasteiger partial charge >= 0.3 is 47.9 Å². The van der Waals surface area contributed by atoms with E-state index in [0.29, 0.717) is 34.4 Å². The van der Waals surface area contributed by atoms with E-state index >= 15 is 4.39 Å². The van der Waals surface area contributed by atoms with Crippen molar-refractivity contribution < 1.29 is 90.6 Å². The molecule has 1 N–H and O–H groups in total. The quantitative estimate of drug-likeness (QED) is 0.0883. The predicted octanol–water partition coefficient (Wildman–Crippen LogP) is 6.04. The van der Waals surface area contributed by atoms with Crippen molar-refractivity contribution in [1.82, 2.24) is 9.97 Å². The van der Waals surface area contributed by atoms with Crippen molar-refractivity contribution >= 4 is 11.9 Å². The molecule has 0 aliphatic rings. The molecular formula is C36H37F7N3NaO6. The Kier molecular flexibility index (Phi) is 14.8. The molecular weight excluding hydrogens is 726 g/mol. The van der Waals surface area contributed by atoms with E-state index in [4.69, 9.17) is 24.1 Å². The van der Waals surface area contributed by atoms with Gasteiger partial charge in [-0.1, -0.05) is 13.8 Å². The number of hydrogen-bond acceptors (Lipinski definition) is 8. The van der Waals surface area contributed by atoms with Gasteiger partial charge in [-0.05, 0) is 71.0 Å². The van der Waals surface area contributed by atoms with Crippen LogP contribution in [0.3, 0.4) is 0 Å². The summed E-state index contributed by atoms with van der Waals surface area (Å²) in [5.41, 5.74) is -1.70. The van der Waals surface area contributed by atoms with Crippen molar-refractivity contribution in [3.63, 3.8) is 0 Å². The van der Waals surface area contributed by atoms with Crippen molar-refractivity contribution in [2.75, 3.05) is 32.8 Å². The molecule has 4 rings (SSSR count). The van der Waals surface area contributed by atoms with Crippen LogP contribution in [0, 0.1) is 5.82 Å². The van der Waals surface area contributed by atoms with E-state index in [0.717, 1.165) is 0 Å².